The van der Waals surface area contributed by atoms with Crippen LogP contribution in [0.4, 0.5) is 0 Å². The predicted octanol–water partition coefficient (Wildman–Crippen LogP) is 3.49. The number of amides is 1. The maximum Gasteiger partial charge on any atom is 0.243 e. The first kappa shape index (κ1) is 15.0. The Morgan fingerprint density at radius 2 is 2.15 bits per heavy atom. The largest absolute Gasteiger partial charge is 0.496 e. The average molecular weight is 339 g/mol. The summed E-state index contributed by atoms with van der Waals surface area (Å²) in [6, 6.07) is 5.65. The molecule has 0 bridgehead atoms. The molecule has 0 aromatic heterocycles. The average Bonchev–Trinajstić information content (AvgIpc) is 2.48. The third-order valence-corrected chi connectivity index (χ3v) is 4.04. The van der Waals surface area contributed by atoms with E-state index < -0.39 is 0 Å². The minimum atomic E-state index is 0.0231. The molecule has 0 aliphatic heterocycles. The molecular weight excluding hydrogens is 320 g/mol. The molecule has 1 aliphatic rings. The Hall–Kier alpha value is -1.36. The van der Waals surface area contributed by atoms with Gasteiger partial charge in [0.05, 0.1) is 13.3 Å². The van der Waals surface area contributed by atoms with Gasteiger partial charge in [-0.15, -0.1) is 0 Å². The molecule has 0 saturated heterocycles. The van der Waals surface area contributed by atoms with Gasteiger partial charge in [0.1, 0.15) is 5.75 Å². The molecule has 0 spiro atoms. The van der Waals surface area contributed by atoms with Crippen molar-refractivity contribution in [3.8, 4) is 5.75 Å². The van der Waals surface area contributed by atoms with Crippen molar-refractivity contribution < 1.29 is 9.53 Å². The van der Waals surface area contributed by atoms with E-state index in [4.69, 9.17) is 4.74 Å². The Labute approximate surface area is 127 Å². The van der Waals surface area contributed by atoms with Gasteiger partial charge in [0.2, 0.25) is 5.91 Å². The maximum absolute atomic E-state index is 11.9. The number of nitrogens with zero attached hydrogens (tertiary/aromatic N) is 1. The van der Waals surface area contributed by atoms with Gasteiger partial charge in [0, 0.05) is 16.0 Å². The minimum absolute atomic E-state index is 0.0231. The molecule has 0 unspecified atom stereocenters. The van der Waals surface area contributed by atoms with Crippen molar-refractivity contribution in [2.75, 3.05) is 7.11 Å². The lowest BCUT2D eigenvalue weighted by atomic mass is 9.89. The maximum atomic E-state index is 11.9. The second kappa shape index (κ2) is 7.43. The summed E-state index contributed by atoms with van der Waals surface area (Å²) in [5.74, 6) is 0.865. The van der Waals surface area contributed by atoms with Crippen molar-refractivity contribution in [3.05, 3.63) is 28.2 Å². The molecule has 1 fully saturated rings. The van der Waals surface area contributed by atoms with Gasteiger partial charge < -0.3 is 4.74 Å². The van der Waals surface area contributed by atoms with Gasteiger partial charge in [-0.25, -0.2) is 5.43 Å². The van der Waals surface area contributed by atoms with E-state index in [-0.39, 0.29) is 11.8 Å². The summed E-state index contributed by atoms with van der Waals surface area (Å²) in [6.07, 6.45) is 7.08. The van der Waals surface area contributed by atoms with Crippen LogP contribution in [-0.4, -0.2) is 19.2 Å². The van der Waals surface area contributed by atoms with Crippen LogP contribution in [0.15, 0.2) is 27.8 Å². The Morgan fingerprint density at radius 3 is 2.85 bits per heavy atom. The highest BCUT2D eigenvalue weighted by Crippen LogP contribution is 2.24. The molecule has 2 rings (SSSR count). The lowest BCUT2D eigenvalue weighted by molar-refractivity contribution is -0.125. The summed E-state index contributed by atoms with van der Waals surface area (Å²) in [7, 11) is 1.61. The minimum Gasteiger partial charge on any atom is -0.496 e. The second-order valence-electron chi connectivity index (χ2n) is 4.96. The van der Waals surface area contributed by atoms with Crippen molar-refractivity contribution in [3.63, 3.8) is 0 Å². The van der Waals surface area contributed by atoms with Gasteiger partial charge in [0.25, 0.3) is 0 Å². The number of hydrazone groups is 1. The smallest absolute Gasteiger partial charge is 0.243 e. The van der Waals surface area contributed by atoms with E-state index in [2.05, 4.69) is 26.5 Å². The highest BCUT2D eigenvalue weighted by atomic mass is 79.9. The van der Waals surface area contributed by atoms with E-state index in [1.807, 2.05) is 18.2 Å². The van der Waals surface area contributed by atoms with E-state index in [1.54, 1.807) is 13.3 Å². The van der Waals surface area contributed by atoms with Gasteiger partial charge in [0.15, 0.2) is 0 Å². The van der Waals surface area contributed by atoms with Crippen molar-refractivity contribution in [1.29, 1.82) is 0 Å². The summed E-state index contributed by atoms with van der Waals surface area (Å²) < 4.78 is 6.19. The molecule has 20 heavy (non-hydrogen) atoms. The van der Waals surface area contributed by atoms with E-state index >= 15 is 0 Å². The SMILES string of the molecule is COc1ccc(Br)cc1C=NNC(=O)C1CCCCC1. The highest BCUT2D eigenvalue weighted by molar-refractivity contribution is 9.10. The number of methoxy groups -OCH3 is 1. The molecule has 1 amide bonds. The van der Waals surface area contributed by atoms with Gasteiger partial charge in [-0.1, -0.05) is 35.2 Å². The number of halogens is 1. The molecule has 1 aromatic rings. The van der Waals surface area contributed by atoms with Gasteiger partial charge >= 0.3 is 0 Å². The monoisotopic (exact) mass is 338 g/mol. The van der Waals surface area contributed by atoms with Crippen LogP contribution in [-0.2, 0) is 4.79 Å². The lowest BCUT2D eigenvalue weighted by Gasteiger charge is -2.19. The molecule has 1 saturated carbocycles. The van der Waals surface area contributed by atoms with Crippen molar-refractivity contribution in [1.82, 2.24) is 5.43 Å². The van der Waals surface area contributed by atoms with Crippen LogP contribution in [0.25, 0.3) is 0 Å². The zero-order valence-corrected chi connectivity index (χ0v) is 13.1. The van der Waals surface area contributed by atoms with Crippen molar-refractivity contribution in [2.24, 2.45) is 11.0 Å². The van der Waals surface area contributed by atoms with Crippen LogP contribution in [0.1, 0.15) is 37.7 Å². The van der Waals surface area contributed by atoms with Gasteiger partial charge in [-0.3, -0.25) is 4.79 Å². The third kappa shape index (κ3) is 4.07. The highest BCUT2D eigenvalue weighted by Gasteiger charge is 2.20. The number of carbonyl (C=O) groups excluding carboxylic acids is 1. The fourth-order valence-electron chi connectivity index (χ4n) is 2.43. The summed E-state index contributed by atoms with van der Waals surface area (Å²) in [4.78, 5) is 11.9. The number of nitrogens with one attached hydrogen (secondary N) is 1. The molecule has 108 valence electrons. The summed E-state index contributed by atoms with van der Waals surface area (Å²) in [6.45, 7) is 0. The fourth-order valence-corrected chi connectivity index (χ4v) is 2.81. The van der Waals surface area contributed by atoms with E-state index in [0.29, 0.717) is 0 Å². The van der Waals surface area contributed by atoms with Crippen LogP contribution < -0.4 is 10.2 Å². The third-order valence-electron chi connectivity index (χ3n) is 3.55. The first-order valence-corrected chi connectivity index (χ1v) is 7.66. The number of rotatable bonds is 4. The Kier molecular flexibility index (Phi) is 5.59. The first-order chi connectivity index (χ1) is 9.70. The fraction of sp³-hybridized carbons (Fsp3) is 0.467. The standard InChI is InChI=1S/C15H19BrN2O2/c1-20-14-8-7-13(16)9-12(14)10-17-18-15(19)11-5-3-2-4-6-11/h7-11H,2-6H2,1H3,(H,18,19). The van der Waals surface area contributed by atoms with Gasteiger partial charge in [-0.05, 0) is 31.0 Å². The molecule has 0 atom stereocenters. The molecule has 1 N–H and O–H groups in total. The molecule has 4 nitrogen and oxygen atoms in total. The number of hydrogen-bond donors (Lipinski definition) is 1. The van der Waals surface area contributed by atoms with Crippen molar-refractivity contribution in [2.45, 2.75) is 32.1 Å². The molecule has 0 radical (unpaired) electrons. The number of benzene rings is 1. The molecule has 0 heterocycles. The van der Waals surface area contributed by atoms with Crippen LogP contribution in [0.3, 0.4) is 0 Å². The number of carbonyl (C=O) groups is 1. The van der Waals surface area contributed by atoms with E-state index in [9.17, 15) is 4.79 Å². The summed E-state index contributed by atoms with van der Waals surface area (Å²) in [5, 5.41) is 4.04. The van der Waals surface area contributed by atoms with E-state index in [0.717, 1.165) is 41.5 Å². The second-order valence-corrected chi connectivity index (χ2v) is 5.87. The van der Waals surface area contributed by atoms with Gasteiger partial charge in [-0.2, -0.15) is 5.10 Å². The zero-order chi connectivity index (χ0) is 14.4. The Bertz CT molecular complexity index is 497. The van der Waals surface area contributed by atoms with Crippen LogP contribution in [0.5, 0.6) is 5.75 Å². The molecular formula is C15H19BrN2O2. The number of ether oxygens (including phenoxy) is 1. The molecule has 5 heteroatoms. The quantitative estimate of drug-likeness (QED) is 0.674. The van der Waals surface area contributed by atoms with Crippen molar-refractivity contribution >= 4 is 28.1 Å². The van der Waals surface area contributed by atoms with Crippen LogP contribution >= 0.6 is 15.9 Å². The van der Waals surface area contributed by atoms with E-state index in [1.165, 1.54) is 6.42 Å². The number of hydrogen-bond acceptors (Lipinski definition) is 3. The van der Waals surface area contributed by atoms with Crippen LogP contribution in [0, 0.1) is 5.92 Å². The Morgan fingerprint density at radius 1 is 1.40 bits per heavy atom. The topological polar surface area (TPSA) is 50.7 Å². The first-order valence-electron chi connectivity index (χ1n) is 6.87. The predicted molar refractivity (Wildman–Crippen MR) is 83.0 cm³/mol. The summed E-state index contributed by atoms with van der Waals surface area (Å²) in [5.41, 5.74) is 3.46. The lowest BCUT2D eigenvalue weighted by Crippen LogP contribution is -2.28. The van der Waals surface area contributed by atoms with Crippen LogP contribution in [0.2, 0.25) is 0 Å². The molecule has 1 aliphatic carbocycles. The Balaban J connectivity index is 1.95. The molecule has 1 aromatic carbocycles. The normalized spacial score (nSPS) is 16.3. The zero-order valence-electron chi connectivity index (χ0n) is 11.6. The summed E-state index contributed by atoms with van der Waals surface area (Å²) >= 11 is 3.40.